The van der Waals surface area contributed by atoms with E-state index in [0.29, 0.717) is 5.69 Å². The molecule has 2 aromatic heterocycles. The monoisotopic (exact) mass is 275 g/mol. The molecule has 0 aliphatic heterocycles. The molecule has 104 valence electrons. The van der Waals surface area contributed by atoms with Gasteiger partial charge in [-0.3, -0.25) is 15.1 Å². The smallest absolute Gasteiger partial charge is 0.373 e. The fraction of sp³-hybridized carbons (Fsp3) is 0.250. The van der Waals surface area contributed by atoms with E-state index in [4.69, 9.17) is 4.74 Å². The quantitative estimate of drug-likeness (QED) is 0.659. The molecule has 2 aromatic rings. The van der Waals surface area contributed by atoms with E-state index in [9.17, 15) is 10.1 Å². The van der Waals surface area contributed by atoms with E-state index >= 15 is 0 Å². The van der Waals surface area contributed by atoms with Gasteiger partial charge in [0.15, 0.2) is 0 Å². The molecule has 0 radical (unpaired) electrons. The Morgan fingerprint density at radius 2 is 2.00 bits per heavy atom. The normalized spacial score (nSPS) is 10.3. The third-order valence-electron chi connectivity index (χ3n) is 2.26. The van der Waals surface area contributed by atoms with Gasteiger partial charge in [0, 0.05) is 18.1 Å². The predicted molar refractivity (Wildman–Crippen MR) is 72.0 cm³/mol. The largest absolute Gasteiger partial charge is 0.470 e. The Balaban J connectivity index is 2.39. The predicted octanol–water partition coefficient (Wildman–Crippen LogP) is 2.31. The van der Waals surface area contributed by atoms with E-state index in [-0.39, 0.29) is 23.5 Å². The Morgan fingerprint density at radius 1 is 1.30 bits per heavy atom. The first-order chi connectivity index (χ1) is 9.58. The van der Waals surface area contributed by atoms with Crippen molar-refractivity contribution in [2.75, 3.05) is 5.32 Å². The van der Waals surface area contributed by atoms with Crippen LogP contribution in [-0.2, 0) is 0 Å². The zero-order valence-corrected chi connectivity index (χ0v) is 11.0. The van der Waals surface area contributed by atoms with Crippen molar-refractivity contribution in [1.82, 2.24) is 15.0 Å². The highest BCUT2D eigenvalue weighted by atomic mass is 16.6. The number of hydrogen-bond acceptors (Lipinski definition) is 7. The van der Waals surface area contributed by atoms with Crippen molar-refractivity contribution in [3.05, 3.63) is 41.0 Å². The van der Waals surface area contributed by atoms with E-state index in [1.165, 1.54) is 6.33 Å². The van der Waals surface area contributed by atoms with Crippen LogP contribution in [0, 0.1) is 10.1 Å². The summed E-state index contributed by atoms with van der Waals surface area (Å²) >= 11 is 0. The van der Waals surface area contributed by atoms with Crippen molar-refractivity contribution < 1.29 is 9.66 Å². The van der Waals surface area contributed by atoms with Crippen LogP contribution in [0.3, 0.4) is 0 Å². The maximum Gasteiger partial charge on any atom is 0.373 e. The fourth-order valence-corrected chi connectivity index (χ4v) is 1.50. The molecule has 2 heterocycles. The maximum absolute atomic E-state index is 11.2. The van der Waals surface area contributed by atoms with Crippen molar-refractivity contribution in [2.24, 2.45) is 0 Å². The summed E-state index contributed by atoms with van der Waals surface area (Å²) in [6, 6.07) is 3.35. The van der Waals surface area contributed by atoms with Gasteiger partial charge >= 0.3 is 5.69 Å². The number of ether oxygens (including phenoxy) is 1. The highest BCUT2D eigenvalue weighted by Crippen LogP contribution is 2.32. The van der Waals surface area contributed by atoms with Crippen LogP contribution in [0.4, 0.5) is 17.2 Å². The summed E-state index contributed by atoms with van der Waals surface area (Å²) in [6.45, 7) is 3.53. The Kier molecular flexibility index (Phi) is 4.04. The number of nitrogens with one attached hydrogen (secondary N) is 1. The van der Waals surface area contributed by atoms with Gasteiger partial charge in [-0.15, -0.1) is 0 Å². The van der Waals surface area contributed by atoms with Gasteiger partial charge in [0.1, 0.15) is 6.33 Å². The van der Waals surface area contributed by atoms with Gasteiger partial charge in [0.25, 0.3) is 5.88 Å². The van der Waals surface area contributed by atoms with Gasteiger partial charge < -0.3 is 10.1 Å². The minimum atomic E-state index is -0.568. The summed E-state index contributed by atoms with van der Waals surface area (Å²) < 4.78 is 5.34. The second-order valence-corrected chi connectivity index (χ2v) is 4.16. The first kappa shape index (κ1) is 13.7. The Morgan fingerprint density at radius 3 is 2.60 bits per heavy atom. The molecule has 2 rings (SSSR count). The first-order valence-electron chi connectivity index (χ1n) is 5.91. The Labute approximate surface area is 115 Å². The van der Waals surface area contributed by atoms with Gasteiger partial charge in [-0.25, -0.2) is 4.98 Å². The van der Waals surface area contributed by atoms with Crippen molar-refractivity contribution >= 4 is 17.2 Å². The fourth-order valence-electron chi connectivity index (χ4n) is 1.50. The SMILES string of the molecule is CC(C)Oc1ncnc(Nc2ccncc2)c1[N+](=O)[O-]. The molecule has 20 heavy (non-hydrogen) atoms. The molecule has 0 saturated heterocycles. The lowest BCUT2D eigenvalue weighted by Gasteiger charge is -2.11. The van der Waals surface area contributed by atoms with Crippen molar-refractivity contribution in [2.45, 2.75) is 20.0 Å². The molecule has 0 aromatic carbocycles. The van der Waals surface area contributed by atoms with Crippen LogP contribution in [-0.4, -0.2) is 26.0 Å². The van der Waals surface area contributed by atoms with E-state index in [1.54, 1.807) is 38.4 Å². The van der Waals surface area contributed by atoms with E-state index < -0.39 is 4.92 Å². The van der Waals surface area contributed by atoms with Gasteiger partial charge in [-0.1, -0.05) is 0 Å². The van der Waals surface area contributed by atoms with Crippen LogP contribution >= 0.6 is 0 Å². The second kappa shape index (κ2) is 5.91. The molecule has 8 heteroatoms. The summed E-state index contributed by atoms with van der Waals surface area (Å²) in [5, 5.41) is 14.1. The standard InChI is InChI=1S/C12H13N5O3/c1-8(2)20-12-10(17(18)19)11(14-7-15-12)16-9-3-5-13-6-4-9/h3-8H,1-2H3,(H,13,14,15,16). The first-order valence-corrected chi connectivity index (χ1v) is 5.91. The van der Waals surface area contributed by atoms with Crippen molar-refractivity contribution in [3.8, 4) is 5.88 Å². The average molecular weight is 275 g/mol. The molecule has 0 bridgehead atoms. The summed E-state index contributed by atoms with van der Waals surface area (Å²) in [5.41, 5.74) is 0.343. The highest BCUT2D eigenvalue weighted by Gasteiger charge is 2.25. The lowest BCUT2D eigenvalue weighted by Crippen LogP contribution is -2.10. The molecule has 0 spiro atoms. The van der Waals surface area contributed by atoms with Crippen LogP contribution in [0.2, 0.25) is 0 Å². The minimum Gasteiger partial charge on any atom is -0.470 e. The Bertz CT molecular complexity index is 603. The van der Waals surface area contributed by atoms with Crippen molar-refractivity contribution in [3.63, 3.8) is 0 Å². The molecule has 0 unspecified atom stereocenters. The van der Waals surface area contributed by atoms with Gasteiger partial charge in [-0.2, -0.15) is 4.98 Å². The molecular weight excluding hydrogens is 262 g/mol. The molecular formula is C12H13N5O3. The molecule has 8 nitrogen and oxygen atoms in total. The number of anilines is 2. The van der Waals surface area contributed by atoms with Gasteiger partial charge in [0.2, 0.25) is 5.82 Å². The zero-order chi connectivity index (χ0) is 14.5. The van der Waals surface area contributed by atoms with Crippen LogP contribution in [0.15, 0.2) is 30.9 Å². The lowest BCUT2D eigenvalue weighted by molar-refractivity contribution is -0.385. The molecule has 1 N–H and O–H groups in total. The highest BCUT2D eigenvalue weighted by molar-refractivity contribution is 5.68. The summed E-state index contributed by atoms with van der Waals surface area (Å²) in [4.78, 5) is 22.2. The maximum atomic E-state index is 11.2. The minimum absolute atomic E-state index is 0.0587. The van der Waals surface area contributed by atoms with Gasteiger partial charge in [0.05, 0.1) is 11.0 Å². The topological polar surface area (TPSA) is 103 Å². The van der Waals surface area contributed by atoms with Crippen LogP contribution in [0.5, 0.6) is 5.88 Å². The number of nitrogens with zero attached hydrogens (tertiary/aromatic N) is 4. The second-order valence-electron chi connectivity index (χ2n) is 4.16. The van der Waals surface area contributed by atoms with Crippen LogP contribution in [0.25, 0.3) is 0 Å². The molecule has 0 atom stereocenters. The Hall–Kier alpha value is -2.77. The van der Waals surface area contributed by atoms with E-state index in [2.05, 4.69) is 20.3 Å². The number of nitro groups is 1. The third kappa shape index (κ3) is 3.16. The molecule has 0 fully saturated rings. The number of pyridine rings is 1. The molecule has 0 amide bonds. The molecule has 0 aliphatic carbocycles. The average Bonchev–Trinajstić information content (AvgIpc) is 2.39. The number of aromatic nitrogens is 3. The number of hydrogen-bond donors (Lipinski definition) is 1. The lowest BCUT2D eigenvalue weighted by atomic mass is 10.3. The van der Waals surface area contributed by atoms with Gasteiger partial charge in [-0.05, 0) is 26.0 Å². The van der Waals surface area contributed by atoms with Crippen LogP contribution < -0.4 is 10.1 Å². The summed E-state index contributed by atoms with van der Waals surface area (Å²) in [5.74, 6) is 0.0170. The van der Waals surface area contributed by atoms with E-state index in [1.807, 2.05) is 0 Å². The zero-order valence-electron chi connectivity index (χ0n) is 11.0. The van der Waals surface area contributed by atoms with Crippen molar-refractivity contribution in [1.29, 1.82) is 0 Å². The molecule has 0 saturated carbocycles. The third-order valence-corrected chi connectivity index (χ3v) is 2.26. The molecule has 0 aliphatic rings. The van der Waals surface area contributed by atoms with Crippen LogP contribution in [0.1, 0.15) is 13.8 Å². The van der Waals surface area contributed by atoms with E-state index in [0.717, 1.165) is 0 Å². The summed E-state index contributed by atoms with van der Waals surface area (Å²) in [6.07, 6.45) is 4.13. The number of rotatable bonds is 5. The summed E-state index contributed by atoms with van der Waals surface area (Å²) in [7, 11) is 0.